The highest BCUT2D eigenvalue weighted by atomic mass is 79.9. The smallest absolute Gasteiger partial charge is 0.0799 e. The summed E-state index contributed by atoms with van der Waals surface area (Å²) in [6.45, 7) is 1.28. The van der Waals surface area contributed by atoms with Gasteiger partial charge in [0.25, 0.3) is 0 Å². The Morgan fingerprint density at radius 2 is 2.00 bits per heavy atom. The van der Waals surface area contributed by atoms with Crippen molar-refractivity contribution in [2.45, 2.75) is 12.6 Å². The van der Waals surface area contributed by atoms with Crippen LogP contribution < -0.4 is 5.32 Å². The van der Waals surface area contributed by atoms with E-state index < -0.39 is 6.10 Å². The third kappa shape index (κ3) is 4.42. The molecule has 2 N–H and O–H groups in total. The average molecular weight is 279 g/mol. The van der Waals surface area contributed by atoms with E-state index in [1.165, 1.54) is 5.56 Å². The van der Waals surface area contributed by atoms with Gasteiger partial charge in [0.2, 0.25) is 0 Å². The van der Waals surface area contributed by atoms with E-state index >= 15 is 0 Å². The van der Waals surface area contributed by atoms with E-state index in [0.29, 0.717) is 6.54 Å². The molecule has 1 unspecified atom stereocenters. The summed E-state index contributed by atoms with van der Waals surface area (Å²) >= 11 is 8.83. The predicted octanol–water partition coefficient (Wildman–Crippen LogP) is 2.14. The van der Waals surface area contributed by atoms with Gasteiger partial charge in [-0.2, -0.15) is 0 Å². The van der Waals surface area contributed by atoms with Crippen molar-refractivity contribution in [2.24, 2.45) is 0 Å². The Morgan fingerprint density at radius 1 is 1.36 bits per heavy atom. The Kier molecular flexibility index (Phi) is 5.48. The molecule has 0 fully saturated rings. The molecule has 0 saturated carbocycles. The third-order valence-corrected chi connectivity index (χ3v) is 2.69. The third-order valence-electron chi connectivity index (χ3n) is 1.80. The first kappa shape index (κ1) is 12.0. The Labute approximate surface area is 97.4 Å². The van der Waals surface area contributed by atoms with Crippen molar-refractivity contribution in [3.8, 4) is 0 Å². The maximum Gasteiger partial charge on any atom is 0.0799 e. The standard InChI is InChI=1S/C10H13BrClNO/c11-9-3-1-8(2-4-9)6-13-7-10(14)5-12/h1-4,10,13-14H,5-7H2. The lowest BCUT2D eigenvalue weighted by atomic mass is 10.2. The Bertz CT molecular complexity index is 265. The minimum Gasteiger partial charge on any atom is -0.391 e. The van der Waals surface area contributed by atoms with Crippen molar-refractivity contribution >= 4 is 27.5 Å². The van der Waals surface area contributed by atoms with E-state index in [-0.39, 0.29) is 5.88 Å². The van der Waals surface area contributed by atoms with Crippen LogP contribution in [0.15, 0.2) is 28.7 Å². The summed E-state index contributed by atoms with van der Waals surface area (Å²) in [5.41, 5.74) is 1.19. The van der Waals surface area contributed by atoms with Gasteiger partial charge in [-0.15, -0.1) is 11.6 Å². The van der Waals surface area contributed by atoms with Crippen molar-refractivity contribution in [3.05, 3.63) is 34.3 Å². The van der Waals surface area contributed by atoms with Gasteiger partial charge in [0.1, 0.15) is 0 Å². The summed E-state index contributed by atoms with van der Waals surface area (Å²) < 4.78 is 1.07. The van der Waals surface area contributed by atoms with Gasteiger partial charge in [-0.25, -0.2) is 0 Å². The zero-order chi connectivity index (χ0) is 10.4. The highest BCUT2D eigenvalue weighted by molar-refractivity contribution is 9.10. The van der Waals surface area contributed by atoms with E-state index in [2.05, 4.69) is 21.2 Å². The average Bonchev–Trinajstić information content (AvgIpc) is 2.21. The van der Waals surface area contributed by atoms with Crippen LogP contribution in [0.4, 0.5) is 0 Å². The number of benzene rings is 1. The number of aliphatic hydroxyl groups excluding tert-OH is 1. The lowest BCUT2D eigenvalue weighted by Crippen LogP contribution is -2.27. The lowest BCUT2D eigenvalue weighted by molar-refractivity contribution is 0.194. The van der Waals surface area contributed by atoms with Crippen LogP contribution in [0.1, 0.15) is 5.56 Å². The minimum absolute atomic E-state index is 0.271. The quantitative estimate of drug-likeness (QED) is 0.809. The molecule has 0 spiro atoms. The molecule has 0 aliphatic rings. The van der Waals surface area contributed by atoms with Crippen LogP contribution in [0.25, 0.3) is 0 Å². The molecule has 1 aromatic carbocycles. The fraction of sp³-hybridized carbons (Fsp3) is 0.400. The highest BCUT2D eigenvalue weighted by Gasteiger charge is 2.00. The fourth-order valence-corrected chi connectivity index (χ4v) is 1.41. The Balaban J connectivity index is 2.28. The molecule has 0 saturated heterocycles. The van der Waals surface area contributed by atoms with Gasteiger partial charge < -0.3 is 10.4 Å². The summed E-state index contributed by atoms with van der Waals surface area (Å²) in [6, 6.07) is 8.05. The molecule has 1 atom stereocenters. The van der Waals surface area contributed by atoms with Crippen LogP contribution in [-0.4, -0.2) is 23.6 Å². The van der Waals surface area contributed by atoms with E-state index in [1.807, 2.05) is 24.3 Å². The summed E-state index contributed by atoms with van der Waals surface area (Å²) in [5.74, 6) is 0.271. The molecule has 1 rings (SSSR count). The first-order valence-electron chi connectivity index (χ1n) is 4.41. The summed E-state index contributed by atoms with van der Waals surface area (Å²) in [5, 5.41) is 12.3. The van der Waals surface area contributed by atoms with Crippen LogP contribution in [0.2, 0.25) is 0 Å². The predicted molar refractivity (Wildman–Crippen MR) is 62.6 cm³/mol. The normalized spacial score (nSPS) is 12.8. The lowest BCUT2D eigenvalue weighted by Gasteiger charge is -2.08. The van der Waals surface area contributed by atoms with Crippen molar-refractivity contribution in [3.63, 3.8) is 0 Å². The van der Waals surface area contributed by atoms with Gasteiger partial charge in [0, 0.05) is 23.4 Å². The summed E-state index contributed by atoms with van der Waals surface area (Å²) in [7, 11) is 0. The van der Waals surface area contributed by atoms with Crippen LogP contribution in [0, 0.1) is 0 Å². The number of rotatable bonds is 5. The summed E-state index contributed by atoms with van der Waals surface area (Å²) in [6.07, 6.45) is -0.466. The van der Waals surface area contributed by atoms with E-state index in [4.69, 9.17) is 11.6 Å². The first-order chi connectivity index (χ1) is 6.72. The number of alkyl halides is 1. The van der Waals surface area contributed by atoms with Gasteiger partial charge in [-0.3, -0.25) is 0 Å². The molecular weight excluding hydrogens is 265 g/mol. The topological polar surface area (TPSA) is 32.3 Å². The van der Waals surface area contributed by atoms with E-state index in [9.17, 15) is 5.11 Å². The van der Waals surface area contributed by atoms with Crippen molar-refractivity contribution in [1.82, 2.24) is 5.32 Å². The molecule has 0 bridgehead atoms. The number of halogens is 2. The first-order valence-corrected chi connectivity index (χ1v) is 5.74. The molecule has 1 aromatic rings. The van der Waals surface area contributed by atoms with Crippen LogP contribution >= 0.6 is 27.5 Å². The van der Waals surface area contributed by atoms with Crippen LogP contribution in [-0.2, 0) is 6.54 Å². The molecule has 14 heavy (non-hydrogen) atoms. The second-order valence-electron chi connectivity index (χ2n) is 3.07. The molecule has 0 aliphatic heterocycles. The molecule has 2 nitrogen and oxygen atoms in total. The van der Waals surface area contributed by atoms with E-state index in [0.717, 1.165) is 11.0 Å². The molecular formula is C10H13BrClNO. The molecule has 0 aromatic heterocycles. The van der Waals surface area contributed by atoms with Crippen molar-refractivity contribution < 1.29 is 5.11 Å². The zero-order valence-electron chi connectivity index (χ0n) is 7.71. The van der Waals surface area contributed by atoms with Gasteiger partial charge in [-0.1, -0.05) is 28.1 Å². The SMILES string of the molecule is OC(CCl)CNCc1ccc(Br)cc1. The molecule has 0 heterocycles. The minimum atomic E-state index is -0.466. The van der Waals surface area contributed by atoms with Gasteiger partial charge >= 0.3 is 0 Å². The van der Waals surface area contributed by atoms with Crippen molar-refractivity contribution in [2.75, 3.05) is 12.4 Å². The van der Waals surface area contributed by atoms with Crippen LogP contribution in [0.5, 0.6) is 0 Å². The Hall–Kier alpha value is -0.0900. The Morgan fingerprint density at radius 3 is 2.57 bits per heavy atom. The second kappa shape index (κ2) is 6.40. The highest BCUT2D eigenvalue weighted by Crippen LogP contribution is 2.10. The van der Waals surface area contributed by atoms with Crippen LogP contribution in [0.3, 0.4) is 0 Å². The molecule has 78 valence electrons. The monoisotopic (exact) mass is 277 g/mol. The number of aliphatic hydroxyl groups is 1. The maximum absolute atomic E-state index is 9.18. The van der Waals surface area contributed by atoms with Gasteiger partial charge in [0.15, 0.2) is 0 Å². The number of nitrogens with one attached hydrogen (secondary N) is 1. The van der Waals surface area contributed by atoms with Gasteiger partial charge in [-0.05, 0) is 17.7 Å². The largest absolute Gasteiger partial charge is 0.391 e. The number of hydrogen-bond acceptors (Lipinski definition) is 2. The summed E-state index contributed by atoms with van der Waals surface area (Å²) in [4.78, 5) is 0. The number of hydrogen-bond donors (Lipinski definition) is 2. The molecule has 4 heteroatoms. The van der Waals surface area contributed by atoms with Crippen molar-refractivity contribution in [1.29, 1.82) is 0 Å². The van der Waals surface area contributed by atoms with E-state index in [1.54, 1.807) is 0 Å². The second-order valence-corrected chi connectivity index (χ2v) is 4.29. The zero-order valence-corrected chi connectivity index (χ0v) is 10.1. The fourth-order valence-electron chi connectivity index (χ4n) is 1.04. The maximum atomic E-state index is 9.18. The van der Waals surface area contributed by atoms with Gasteiger partial charge in [0.05, 0.1) is 6.10 Å². The molecule has 0 radical (unpaired) electrons. The molecule has 0 aliphatic carbocycles. The molecule has 0 amide bonds.